The van der Waals surface area contributed by atoms with Crippen LogP contribution in [0.4, 0.5) is 0 Å². The summed E-state index contributed by atoms with van der Waals surface area (Å²) >= 11 is 1.97. The molecule has 2 fully saturated rings. The molecular weight excluding hydrogens is 258 g/mol. The molecule has 0 atom stereocenters. The van der Waals surface area contributed by atoms with Crippen LogP contribution in [0.1, 0.15) is 32.1 Å². The van der Waals surface area contributed by atoms with Gasteiger partial charge in [0.05, 0.1) is 6.54 Å². The molecule has 0 aromatic rings. The van der Waals surface area contributed by atoms with Gasteiger partial charge in [0.1, 0.15) is 0 Å². The number of carbonyl (C=O) groups is 1. The highest BCUT2D eigenvalue weighted by Crippen LogP contribution is 2.26. The summed E-state index contributed by atoms with van der Waals surface area (Å²) in [5, 5.41) is 7.40. The van der Waals surface area contributed by atoms with Crippen LogP contribution in [0.2, 0.25) is 0 Å². The van der Waals surface area contributed by atoms with E-state index in [0.29, 0.717) is 12.6 Å². The Bertz CT molecular complexity index is 272. The normalized spacial score (nSPS) is 29.7. The van der Waals surface area contributed by atoms with E-state index >= 15 is 0 Å². The van der Waals surface area contributed by atoms with Gasteiger partial charge in [-0.05, 0) is 51.4 Å². The van der Waals surface area contributed by atoms with Crippen molar-refractivity contribution in [2.24, 2.45) is 0 Å². The second-order valence-electron chi connectivity index (χ2n) is 5.66. The van der Waals surface area contributed by atoms with Crippen LogP contribution < -0.4 is 10.6 Å². The van der Waals surface area contributed by atoms with Gasteiger partial charge in [0.15, 0.2) is 0 Å². The molecule has 4 nitrogen and oxygen atoms in total. The minimum absolute atomic E-state index is 0.217. The Hall–Kier alpha value is -0.260. The van der Waals surface area contributed by atoms with Crippen LogP contribution in [0.25, 0.3) is 0 Å². The zero-order valence-corrected chi connectivity index (χ0v) is 12.8. The number of nitrogens with zero attached hydrogens (tertiary/aromatic N) is 1. The lowest BCUT2D eigenvalue weighted by Gasteiger charge is -2.29. The van der Waals surface area contributed by atoms with Crippen LogP contribution in [0.15, 0.2) is 0 Å². The van der Waals surface area contributed by atoms with Crippen molar-refractivity contribution in [2.75, 3.05) is 39.0 Å². The lowest BCUT2D eigenvalue weighted by atomic mass is 9.95. The van der Waals surface area contributed by atoms with Gasteiger partial charge < -0.3 is 10.6 Å². The third-order valence-corrected chi connectivity index (χ3v) is 5.31. The van der Waals surface area contributed by atoms with E-state index in [2.05, 4.69) is 21.8 Å². The predicted octanol–water partition coefficient (Wildman–Crippen LogP) is 1.07. The van der Waals surface area contributed by atoms with Gasteiger partial charge >= 0.3 is 0 Å². The van der Waals surface area contributed by atoms with E-state index in [1.54, 1.807) is 0 Å². The fraction of sp³-hybridized carbons (Fsp3) is 0.929. The van der Waals surface area contributed by atoms with Crippen LogP contribution >= 0.6 is 11.8 Å². The fourth-order valence-corrected chi connectivity index (χ4v) is 3.72. The molecule has 1 aliphatic carbocycles. The molecule has 1 aliphatic heterocycles. The topological polar surface area (TPSA) is 44.4 Å². The van der Waals surface area contributed by atoms with Gasteiger partial charge in [-0.15, -0.1) is 0 Å². The number of hydrogen-bond donors (Lipinski definition) is 2. The second kappa shape index (κ2) is 8.12. The number of carbonyl (C=O) groups excluding carboxylic acids is 1. The van der Waals surface area contributed by atoms with Gasteiger partial charge in [0, 0.05) is 24.4 Å². The zero-order valence-electron chi connectivity index (χ0n) is 12.0. The van der Waals surface area contributed by atoms with Crippen LogP contribution in [0.3, 0.4) is 0 Å². The van der Waals surface area contributed by atoms with E-state index in [0.717, 1.165) is 50.7 Å². The van der Waals surface area contributed by atoms with Crippen molar-refractivity contribution in [3.05, 3.63) is 0 Å². The van der Waals surface area contributed by atoms with E-state index in [1.807, 2.05) is 11.8 Å². The zero-order chi connectivity index (χ0) is 13.5. The second-order valence-corrected chi connectivity index (χ2v) is 6.79. The van der Waals surface area contributed by atoms with Gasteiger partial charge in [-0.1, -0.05) is 0 Å². The molecule has 2 aliphatic rings. The molecule has 0 unspecified atom stereocenters. The van der Waals surface area contributed by atoms with Crippen LogP contribution in [-0.2, 0) is 4.79 Å². The molecule has 1 saturated carbocycles. The van der Waals surface area contributed by atoms with Crippen LogP contribution in [-0.4, -0.2) is 61.1 Å². The maximum Gasteiger partial charge on any atom is 0.234 e. The van der Waals surface area contributed by atoms with Gasteiger partial charge in [-0.3, -0.25) is 9.69 Å². The van der Waals surface area contributed by atoms with Crippen molar-refractivity contribution in [3.63, 3.8) is 0 Å². The van der Waals surface area contributed by atoms with E-state index in [4.69, 9.17) is 0 Å². The number of amides is 1. The molecule has 110 valence electrons. The Morgan fingerprint density at radius 3 is 2.79 bits per heavy atom. The van der Waals surface area contributed by atoms with Crippen molar-refractivity contribution < 1.29 is 4.79 Å². The first-order chi connectivity index (χ1) is 9.28. The Balaban J connectivity index is 1.66. The smallest absolute Gasteiger partial charge is 0.234 e. The summed E-state index contributed by atoms with van der Waals surface area (Å²) in [4.78, 5) is 14.3. The molecule has 2 N–H and O–H groups in total. The first-order valence-corrected chi connectivity index (χ1v) is 8.82. The maximum atomic E-state index is 12.1. The average molecular weight is 285 g/mol. The molecule has 0 bridgehead atoms. The summed E-state index contributed by atoms with van der Waals surface area (Å²) in [7, 11) is 0. The highest BCUT2D eigenvalue weighted by atomic mass is 32.2. The number of rotatable bonds is 4. The molecule has 0 spiro atoms. The molecule has 1 heterocycles. The van der Waals surface area contributed by atoms with E-state index < -0.39 is 0 Å². The number of nitrogens with one attached hydrogen (secondary N) is 2. The van der Waals surface area contributed by atoms with Gasteiger partial charge in [0.25, 0.3) is 0 Å². The summed E-state index contributed by atoms with van der Waals surface area (Å²) in [6.07, 6.45) is 8.14. The van der Waals surface area contributed by atoms with E-state index in [-0.39, 0.29) is 5.91 Å². The van der Waals surface area contributed by atoms with Gasteiger partial charge in [-0.25, -0.2) is 0 Å². The minimum Gasteiger partial charge on any atom is -0.352 e. The van der Waals surface area contributed by atoms with Crippen molar-refractivity contribution in [3.8, 4) is 0 Å². The first kappa shape index (κ1) is 15.1. The van der Waals surface area contributed by atoms with E-state index in [9.17, 15) is 4.79 Å². The average Bonchev–Trinajstić information content (AvgIpc) is 2.68. The predicted molar refractivity (Wildman–Crippen MR) is 81.6 cm³/mol. The SMILES string of the molecule is CSC1CCC(NC(=O)CN2CCCNCC2)CC1. The van der Waals surface area contributed by atoms with Crippen molar-refractivity contribution >= 4 is 17.7 Å². The lowest BCUT2D eigenvalue weighted by molar-refractivity contribution is -0.123. The maximum absolute atomic E-state index is 12.1. The summed E-state index contributed by atoms with van der Waals surface area (Å²) < 4.78 is 0. The molecule has 0 radical (unpaired) electrons. The molecule has 5 heteroatoms. The quantitative estimate of drug-likeness (QED) is 0.811. The van der Waals surface area contributed by atoms with Crippen molar-refractivity contribution in [1.29, 1.82) is 0 Å². The molecule has 19 heavy (non-hydrogen) atoms. The number of hydrogen-bond acceptors (Lipinski definition) is 4. The van der Waals surface area contributed by atoms with Crippen LogP contribution in [0, 0.1) is 0 Å². The third kappa shape index (κ3) is 5.32. The summed E-state index contributed by atoms with van der Waals surface area (Å²) in [5.41, 5.74) is 0. The van der Waals surface area contributed by atoms with Gasteiger partial charge in [0.2, 0.25) is 5.91 Å². The molecule has 1 saturated heterocycles. The molecule has 2 rings (SSSR count). The van der Waals surface area contributed by atoms with Crippen LogP contribution in [0.5, 0.6) is 0 Å². The summed E-state index contributed by atoms with van der Waals surface area (Å²) in [5.74, 6) is 0.217. The Morgan fingerprint density at radius 1 is 1.26 bits per heavy atom. The Morgan fingerprint density at radius 2 is 2.05 bits per heavy atom. The molecular formula is C14H27N3OS. The Kier molecular flexibility index (Phi) is 6.47. The molecule has 0 aromatic carbocycles. The first-order valence-electron chi connectivity index (χ1n) is 7.53. The third-order valence-electron chi connectivity index (χ3n) is 4.17. The highest BCUT2D eigenvalue weighted by Gasteiger charge is 2.22. The standard InChI is InChI=1S/C14H27N3OS/c1-19-13-5-3-12(4-6-13)16-14(18)11-17-9-2-7-15-8-10-17/h12-13,15H,2-11H2,1H3,(H,16,18). The van der Waals surface area contributed by atoms with E-state index in [1.165, 1.54) is 12.8 Å². The summed E-state index contributed by atoms with van der Waals surface area (Å²) in [6.45, 7) is 4.69. The minimum atomic E-state index is 0.217. The van der Waals surface area contributed by atoms with Crippen molar-refractivity contribution in [2.45, 2.75) is 43.4 Å². The van der Waals surface area contributed by atoms with Gasteiger partial charge in [-0.2, -0.15) is 11.8 Å². The molecule has 1 amide bonds. The largest absolute Gasteiger partial charge is 0.352 e. The lowest BCUT2D eigenvalue weighted by Crippen LogP contribution is -2.44. The molecule has 0 aromatic heterocycles. The summed E-state index contributed by atoms with van der Waals surface area (Å²) in [6, 6.07) is 0.418. The van der Waals surface area contributed by atoms with Crippen molar-refractivity contribution in [1.82, 2.24) is 15.5 Å². The monoisotopic (exact) mass is 285 g/mol. The Labute approximate surface area is 121 Å². The highest BCUT2D eigenvalue weighted by molar-refractivity contribution is 7.99. The fourth-order valence-electron chi connectivity index (χ4n) is 2.98. The number of thioether (sulfide) groups is 1.